The molecule has 0 aliphatic heterocycles. The van der Waals surface area contributed by atoms with Gasteiger partial charge in [0.25, 0.3) is 0 Å². The largest absolute Gasteiger partial charge is 0.330 e. The zero-order valence-corrected chi connectivity index (χ0v) is 21.2. The minimum absolute atomic E-state index is 0.139. The van der Waals surface area contributed by atoms with Gasteiger partial charge in [-0.1, -0.05) is 49.9 Å². The van der Waals surface area contributed by atoms with Crippen molar-refractivity contribution >= 4 is 30.0 Å². The third-order valence-electron chi connectivity index (χ3n) is 5.99. The summed E-state index contributed by atoms with van der Waals surface area (Å²) in [6, 6.07) is 8.25. The van der Waals surface area contributed by atoms with Gasteiger partial charge in [0.15, 0.2) is 0 Å². The smallest absolute Gasteiger partial charge is 0.227 e. The Labute approximate surface area is 204 Å². The number of carbonyl (C=O) groups is 2. The molecule has 2 fully saturated rings. The molecule has 6 nitrogen and oxygen atoms in total. The third-order valence-corrected chi connectivity index (χ3v) is 6.24. The number of allylic oxidation sites excluding steroid dienone is 2. The predicted octanol–water partition coefficient (Wildman–Crippen LogP) is 4.41. The zero-order chi connectivity index (χ0) is 24.5. The number of hydrogen-bond donors (Lipinski definition) is 3. The van der Waals surface area contributed by atoms with E-state index >= 15 is 0 Å². The lowest BCUT2D eigenvalue weighted by atomic mass is 9.88. The van der Waals surface area contributed by atoms with Gasteiger partial charge in [-0.05, 0) is 62.9 Å². The second-order valence-corrected chi connectivity index (χ2v) is 8.93. The summed E-state index contributed by atoms with van der Waals surface area (Å²) in [4.78, 5) is 24.9. The molecule has 2 saturated carbocycles. The van der Waals surface area contributed by atoms with Gasteiger partial charge in [0.1, 0.15) is 6.29 Å². The van der Waals surface area contributed by atoms with Gasteiger partial charge in [-0.15, -0.1) is 0 Å². The number of rotatable bonds is 8. The van der Waals surface area contributed by atoms with Crippen LogP contribution in [0.2, 0.25) is 5.02 Å². The molecular weight excluding hydrogens is 436 g/mol. The van der Waals surface area contributed by atoms with Crippen molar-refractivity contribution in [3.63, 3.8) is 0 Å². The molecule has 1 aromatic carbocycles. The molecule has 1 amide bonds. The van der Waals surface area contributed by atoms with E-state index in [2.05, 4.69) is 33.5 Å². The molecule has 0 radical (unpaired) electrons. The summed E-state index contributed by atoms with van der Waals surface area (Å²) in [6.07, 6.45) is 13.5. The van der Waals surface area contributed by atoms with Gasteiger partial charge < -0.3 is 21.2 Å². The number of aldehydes is 1. The first-order valence-corrected chi connectivity index (χ1v) is 12.3. The minimum Gasteiger partial charge on any atom is -0.330 e. The number of carbonyl (C=O) groups excluding carboxylic acids is 2. The van der Waals surface area contributed by atoms with Crippen LogP contribution in [-0.4, -0.2) is 45.6 Å². The van der Waals surface area contributed by atoms with E-state index in [1.54, 1.807) is 13.3 Å². The molecule has 0 spiro atoms. The van der Waals surface area contributed by atoms with Crippen LogP contribution < -0.4 is 16.4 Å². The highest BCUT2D eigenvalue weighted by atomic mass is 35.5. The van der Waals surface area contributed by atoms with E-state index in [-0.39, 0.29) is 18.4 Å². The average molecular weight is 477 g/mol. The fourth-order valence-electron chi connectivity index (χ4n) is 3.90. The lowest BCUT2D eigenvalue weighted by Gasteiger charge is -2.21. The van der Waals surface area contributed by atoms with Crippen LogP contribution in [0.4, 0.5) is 0 Å². The molecule has 0 saturated heterocycles. The van der Waals surface area contributed by atoms with E-state index in [9.17, 15) is 4.79 Å². The van der Waals surface area contributed by atoms with Gasteiger partial charge in [-0.3, -0.25) is 9.79 Å². The monoisotopic (exact) mass is 476 g/mol. The second kappa shape index (κ2) is 16.6. The average Bonchev–Trinajstić information content (AvgIpc) is 3.64. The highest BCUT2D eigenvalue weighted by Crippen LogP contribution is 2.47. The van der Waals surface area contributed by atoms with Crippen LogP contribution >= 0.6 is 11.6 Å². The summed E-state index contributed by atoms with van der Waals surface area (Å²) in [5.41, 5.74) is 7.46. The minimum atomic E-state index is 0.139. The van der Waals surface area contributed by atoms with Crippen LogP contribution in [0.25, 0.3) is 0 Å². The summed E-state index contributed by atoms with van der Waals surface area (Å²) in [6.45, 7) is 3.26. The molecule has 0 heterocycles. The first kappa shape index (κ1) is 29.0. The van der Waals surface area contributed by atoms with Crippen molar-refractivity contribution in [1.29, 1.82) is 0 Å². The van der Waals surface area contributed by atoms with Gasteiger partial charge >= 0.3 is 0 Å². The molecular formula is C26H41ClN4O2. The second-order valence-electron chi connectivity index (χ2n) is 8.50. The highest BCUT2D eigenvalue weighted by Gasteiger charge is 2.43. The summed E-state index contributed by atoms with van der Waals surface area (Å²) in [5.74, 6) is 0.416. The Kier molecular flexibility index (Phi) is 14.6. The van der Waals surface area contributed by atoms with E-state index in [4.69, 9.17) is 16.4 Å². The number of amides is 1. The van der Waals surface area contributed by atoms with Crippen LogP contribution in [0.3, 0.4) is 0 Å². The zero-order valence-electron chi connectivity index (χ0n) is 20.4. The Hall–Kier alpha value is -2.02. The van der Waals surface area contributed by atoms with Crippen LogP contribution in [0.5, 0.6) is 0 Å². The maximum absolute atomic E-state index is 11.9. The van der Waals surface area contributed by atoms with Crippen LogP contribution in [0, 0.1) is 5.92 Å². The van der Waals surface area contributed by atoms with Crippen LogP contribution in [-0.2, 0) is 15.0 Å². The van der Waals surface area contributed by atoms with E-state index in [0.717, 1.165) is 36.5 Å². The Morgan fingerprint density at radius 3 is 2.27 bits per heavy atom. The number of aliphatic imine (C=N–C) groups is 1. The van der Waals surface area contributed by atoms with Gasteiger partial charge in [0.2, 0.25) is 5.91 Å². The summed E-state index contributed by atoms with van der Waals surface area (Å²) < 4.78 is 0. The van der Waals surface area contributed by atoms with Gasteiger partial charge in [0.05, 0.1) is 0 Å². The molecule has 33 heavy (non-hydrogen) atoms. The molecule has 7 heteroatoms. The quantitative estimate of drug-likeness (QED) is 0.382. The van der Waals surface area contributed by atoms with Gasteiger partial charge in [-0.25, -0.2) is 0 Å². The molecule has 2 aliphatic carbocycles. The fraction of sp³-hybridized carbons (Fsp3) is 0.577. The molecule has 184 valence electrons. The lowest BCUT2D eigenvalue weighted by Crippen LogP contribution is -2.31. The highest BCUT2D eigenvalue weighted by molar-refractivity contribution is 6.30. The van der Waals surface area contributed by atoms with Crippen molar-refractivity contribution in [2.24, 2.45) is 16.6 Å². The molecule has 2 aliphatic rings. The summed E-state index contributed by atoms with van der Waals surface area (Å²) >= 11 is 5.84. The van der Waals surface area contributed by atoms with Gasteiger partial charge in [-0.2, -0.15) is 0 Å². The van der Waals surface area contributed by atoms with Crippen molar-refractivity contribution in [1.82, 2.24) is 10.6 Å². The Balaban J connectivity index is 0.000000288. The topological polar surface area (TPSA) is 96.6 Å². The number of nitrogens with two attached hydrogens (primary N) is 1. The molecule has 0 aromatic heterocycles. The standard InChI is InChI=1S/C13H22N2O.C11H14ClN.C2H5NO/c1-3-12(9-10-14-2)15-13(16)11-7-5-4-6-8-11;1-13-8-11(6-7-11)9-2-4-10(12)5-3-9;3-1-2-4/h9-11H,3-8H2,1-2H3,(H,15,16);2-5,13H,6-8H2,1H3;2H,1,3H2/b12-9+,14-10?;;. The molecule has 3 rings (SSSR count). The maximum Gasteiger partial charge on any atom is 0.227 e. The summed E-state index contributed by atoms with van der Waals surface area (Å²) in [7, 11) is 3.74. The Bertz CT molecular complexity index is 752. The number of nitrogens with one attached hydrogen (secondary N) is 2. The lowest BCUT2D eigenvalue weighted by molar-refractivity contribution is -0.125. The number of halogens is 1. The summed E-state index contributed by atoms with van der Waals surface area (Å²) in [5, 5.41) is 7.08. The number of benzene rings is 1. The van der Waals surface area contributed by atoms with Crippen LogP contribution in [0.15, 0.2) is 41.0 Å². The van der Waals surface area contributed by atoms with Crippen molar-refractivity contribution in [3.8, 4) is 0 Å². The van der Waals surface area contributed by atoms with E-state index in [0.29, 0.717) is 11.7 Å². The first-order chi connectivity index (χ1) is 16.0. The number of hydrogen-bond acceptors (Lipinski definition) is 5. The Morgan fingerprint density at radius 2 is 1.82 bits per heavy atom. The van der Waals surface area contributed by atoms with E-state index in [1.807, 2.05) is 32.2 Å². The van der Waals surface area contributed by atoms with Crippen LogP contribution in [0.1, 0.15) is 63.9 Å². The van der Waals surface area contributed by atoms with Crippen molar-refractivity contribution < 1.29 is 9.59 Å². The maximum atomic E-state index is 11.9. The fourth-order valence-corrected chi connectivity index (χ4v) is 4.02. The molecule has 0 unspecified atom stereocenters. The van der Waals surface area contributed by atoms with E-state index in [1.165, 1.54) is 37.7 Å². The number of nitrogens with zero attached hydrogens (tertiary/aromatic N) is 1. The normalized spacial score (nSPS) is 17.3. The van der Waals surface area contributed by atoms with Crippen molar-refractivity contribution in [2.45, 2.75) is 63.7 Å². The Morgan fingerprint density at radius 1 is 1.21 bits per heavy atom. The third kappa shape index (κ3) is 11.1. The first-order valence-electron chi connectivity index (χ1n) is 11.9. The van der Waals surface area contributed by atoms with Crippen molar-refractivity contribution in [2.75, 3.05) is 27.2 Å². The van der Waals surface area contributed by atoms with Gasteiger partial charge in [0, 0.05) is 48.4 Å². The molecule has 1 aromatic rings. The SMILES string of the molecule is CC/C(=C\C=NC)NC(=O)C1CCCCC1.CNCC1(c2ccc(Cl)cc2)CC1.NCC=O. The molecule has 0 atom stereocenters. The predicted molar refractivity (Wildman–Crippen MR) is 139 cm³/mol. The molecule has 0 bridgehead atoms. The van der Waals surface area contributed by atoms with Crippen molar-refractivity contribution in [3.05, 3.63) is 46.6 Å². The molecule has 4 N–H and O–H groups in total. The van der Waals surface area contributed by atoms with E-state index < -0.39 is 0 Å². The number of likely N-dealkylation sites (N-methyl/N-ethyl adjacent to an activating group) is 1.